The van der Waals surface area contributed by atoms with Gasteiger partial charge in [-0.1, -0.05) is 0 Å². The third-order valence-corrected chi connectivity index (χ3v) is 1.59. The Hall–Kier alpha value is -1.29. The molecule has 4 heteroatoms. The molecule has 1 aromatic heterocycles. The van der Waals surface area contributed by atoms with Gasteiger partial charge in [0.25, 0.3) is 0 Å². The summed E-state index contributed by atoms with van der Waals surface area (Å²) >= 11 is 0. The molecular formula is C8H11NO3. The van der Waals surface area contributed by atoms with Crippen LogP contribution >= 0.6 is 0 Å². The van der Waals surface area contributed by atoms with Crippen molar-refractivity contribution in [2.24, 2.45) is 0 Å². The first kappa shape index (κ1) is 8.80. The minimum Gasteiger partial charge on any atom is -0.478 e. The van der Waals surface area contributed by atoms with Crippen molar-refractivity contribution in [1.29, 1.82) is 0 Å². The van der Waals surface area contributed by atoms with Gasteiger partial charge in [0.1, 0.15) is 0 Å². The predicted octanol–water partition coefficient (Wildman–Crippen LogP) is 0.940. The van der Waals surface area contributed by atoms with E-state index in [4.69, 9.17) is 5.11 Å². The molecule has 0 bridgehead atoms. The number of hydrogen-bond donors (Lipinski definition) is 3. The second-order valence-corrected chi connectivity index (χ2v) is 3.17. The van der Waals surface area contributed by atoms with Gasteiger partial charge >= 0.3 is 5.97 Å². The van der Waals surface area contributed by atoms with E-state index in [1.807, 2.05) is 0 Å². The number of aromatic amines is 1. The average Bonchev–Trinajstić information content (AvgIpc) is 2.30. The van der Waals surface area contributed by atoms with Gasteiger partial charge in [0.15, 0.2) is 0 Å². The molecule has 1 rings (SSSR count). The zero-order valence-corrected chi connectivity index (χ0v) is 6.96. The number of aromatic nitrogens is 1. The fourth-order valence-corrected chi connectivity index (χ4v) is 0.871. The fourth-order valence-electron chi connectivity index (χ4n) is 0.871. The first-order valence-electron chi connectivity index (χ1n) is 3.56. The summed E-state index contributed by atoms with van der Waals surface area (Å²) in [6.07, 6.45) is 1.36. The number of H-pyrrole nitrogens is 1. The van der Waals surface area contributed by atoms with Crippen LogP contribution in [0.25, 0.3) is 0 Å². The van der Waals surface area contributed by atoms with Gasteiger partial charge in [-0.2, -0.15) is 0 Å². The van der Waals surface area contributed by atoms with Gasteiger partial charge in [0.2, 0.25) is 0 Å². The standard InChI is InChI=1S/C8H11NO3/c1-8(2,12)6-3-5(4-9-6)7(10)11/h3-4,9,12H,1-2H3,(H,10,11). The lowest BCUT2D eigenvalue weighted by molar-refractivity contribution is 0.0696. The third kappa shape index (κ3) is 1.65. The minimum atomic E-state index is -1.02. The van der Waals surface area contributed by atoms with Gasteiger partial charge in [-0.25, -0.2) is 4.79 Å². The Labute approximate surface area is 69.9 Å². The number of aromatic carboxylic acids is 1. The summed E-state index contributed by atoms with van der Waals surface area (Å²) in [7, 11) is 0. The second kappa shape index (κ2) is 2.64. The van der Waals surface area contributed by atoms with Gasteiger partial charge in [0, 0.05) is 11.9 Å². The predicted molar refractivity (Wildman–Crippen MR) is 43.0 cm³/mol. The normalized spacial score (nSPS) is 11.6. The first-order valence-corrected chi connectivity index (χ1v) is 3.56. The molecule has 0 saturated carbocycles. The Morgan fingerprint density at radius 1 is 1.58 bits per heavy atom. The number of carboxylic acids is 1. The Balaban J connectivity index is 3.00. The lowest BCUT2D eigenvalue weighted by Gasteiger charge is -2.14. The molecule has 66 valence electrons. The first-order chi connectivity index (χ1) is 5.41. The molecule has 0 aliphatic heterocycles. The number of carboxylic acid groups (broad SMARTS) is 1. The zero-order chi connectivity index (χ0) is 9.35. The van der Waals surface area contributed by atoms with Crippen LogP contribution in [0.5, 0.6) is 0 Å². The number of hydrogen-bond acceptors (Lipinski definition) is 2. The number of nitrogens with one attached hydrogen (secondary N) is 1. The van der Waals surface area contributed by atoms with Crippen LogP contribution in [-0.2, 0) is 5.60 Å². The number of rotatable bonds is 2. The van der Waals surface area contributed by atoms with Crippen LogP contribution in [0.2, 0.25) is 0 Å². The molecule has 0 unspecified atom stereocenters. The van der Waals surface area contributed by atoms with Gasteiger partial charge in [-0.3, -0.25) is 0 Å². The third-order valence-electron chi connectivity index (χ3n) is 1.59. The second-order valence-electron chi connectivity index (χ2n) is 3.17. The van der Waals surface area contributed by atoms with Crippen molar-refractivity contribution in [2.45, 2.75) is 19.4 Å². The summed E-state index contributed by atoms with van der Waals surface area (Å²) in [5, 5.41) is 18.0. The maximum absolute atomic E-state index is 10.4. The summed E-state index contributed by atoms with van der Waals surface area (Å²) < 4.78 is 0. The highest BCUT2D eigenvalue weighted by atomic mass is 16.4. The van der Waals surface area contributed by atoms with Crippen LogP contribution in [0.3, 0.4) is 0 Å². The Morgan fingerprint density at radius 3 is 2.42 bits per heavy atom. The van der Waals surface area contributed by atoms with Crippen molar-refractivity contribution >= 4 is 5.97 Å². The van der Waals surface area contributed by atoms with Crippen molar-refractivity contribution in [3.8, 4) is 0 Å². The van der Waals surface area contributed by atoms with E-state index in [1.54, 1.807) is 13.8 Å². The molecule has 1 aromatic rings. The molecule has 0 fully saturated rings. The van der Waals surface area contributed by atoms with Crippen molar-refractivity contribution in [3.63, 3.8) is 0 Å². The van der Waals surface area contributed by atoms with E-state index in [2.05, 4.69) is 4.98 Å². The average molecular weight is 169 g/mol. The number of carbonyl (C=O) groups is 1. The fraction of sp³-hybridized carbons (Fsp3) is 0.375. The van der Waals surface area contributed by atoms with Crippen LogP contribution in [0, 0.1) is 0 Å². The molecule has 0 atom stereocenters. The minimum absolute atomic E-state index is 0.159. The highest BCUT2D eigenvalue weighted by Crippen LogP contribution is 2.18. The SMILES string of the molecule is CC(C)(O)c1cc(C(=O)O)c[nH]1. The van der Waals surface area contributed by atoms with Gasteiger partial charge in [-0.15, -0.1) is 0 Å². The van der Waals surface area contributed by atoms with Crippen LogP contribution in [0.15, 0.2) is 12.3 Å². The highest BCUT2D eigenvalue weighted by Gasteiger charge is 2.19. The smallest absolute Gasteiger partial charge is 0.337 e. The molecule has 3 N–H and O–H groups in total. The van der Waals surface area contributed by atoms with Crippen LogP contribution in [0.4, 0.5) is 0 Å². The number of aliphatic hydroxyl groups is 1. The van der Waals surface area contributed by atoms with Crippen molar-refractivity contribution in [3.05, 3.63) is 23.5 Å². The van der Waals surface area contributed by atoms with E-state index in [-0.39, 0.29) is 5.56 Å². The molecule has 0 aliphatic rings. The zero-order valence-electron chi connectivity index (χ0n) is 6.96. The summed E-state index contributed by atoms with van der Waals surface area (Å²) in [6.45, 7) is 3.18. The molecule has 0 amide bonds. The molecule has 0 saturated heterocycles. The lowest BCUT2D eigenvalue weighted by Crippen LogP contribution is -2.15. The molecule has 4 nitrogen and oxygen atoms in total. The quantitative estimate of drug-likeness (QED) is 0.616. The Kier molecular flexibility index (Phi) is 1.94. The molecule has 0 spiro atoms. The Morgan fingerprint density at radius 2 is 2.17 bits per heavy atom. The van der Waals surface area contributed by atoms with Crippen molar-refractivity contribution < 1.29 is 15.0 Å². The molecule has 1 heterocycles. The van der Waals surface area contributed by atoms with Crippen LogP contribution in [-0.4, -0.2) is 21.2 Å². The monoisotopic (exact) mass is 169 g/mol. The summed E-state index contributed by atoms with van der Waals surface area (Å²) in [5.41, 5.74) is -0.361. The lowest BCUT2D eigenvalue weighted by atomic mass is 10.1. The molecule has 0 radical (unpaired) electrons. The topological polar surface area (TPSA) is 73.3 Å². The maximum Gasteiger partial charge on any atom is 0.337 e. The summed E-state index contributed by atoms with van der Waals surface area (Å²) in [4.78, 5) is 13.1. The summed E-state index contributed by atoms with van der Waals surface area (Å²) in [5.74, 6) is -0.998. The van der Waals surface area contributed by atoms with E-state index >= 15 is 0 Å². The Bertz CT molecular complexity index is 295. The molecule has 12 heavy (non-hydrogen) atoms. The maximum atomic E-state index is 10.4. The van der Waals surface area contributed by atoms with E-state index in [0.717, 1.165) is 0 Å². The van der Waals surface area contributed by atoms with Gasteiger partial charge in [0.05, 0.1) is 11.2 Å². The van der Waals surface area contributed by atoms with Gasteiger partial charge in [-0.05, 0) is 19.9 Å². The van der Waals surface area contributed by atoms with E-state index in [0.29, 0.717) is 5.69 Å². The van der Waals surface area contributed by atoms with Crippen molar-refractivity contribution in [1.82, 2.24) is 4.98 Å². The van der Waals surface area contributed by atoms with E-state index in [1.165, 1.54) is 12.3 Å². The van der Waals surface area contributed by atoms with E-state index in [9.17, 15) is 9.90 Å². The van der Waals surface area contributed by atoms with Crippen LogP contribution < -0.4 is 0 Å². The van der Waals surface area contributed by atoms with Gasteiger partial charge < -0.3 is 15.2 Å². The largest absolute Gasteiger partial charge is 0.478 e. The summed E-state index contributed by atoms with van der Waals surface area (Å²) in [6, 6.07) is 1.42. The van der Waals surface area contributed by atoms with Crippen LogP contribution in [0.1, 0.15) is 29.9 Å². The van der Waals surface area contributed by atoms with Crippen molar-refractivity contribution in [2.75, 3.05) is 0 Å². The molecule has 0 aromatic carbocycles. The molecule has 0 aliphatic carbocycles. The van der Waals surface area contributed by atoms with E-state index < -0.39 is 11.6 Å². The highest BCUT2D eigenvalue weighted by molar-refractivity contribution is 5.87. The molecular weight excluding hydrogens is 158 g/mol.